The summed E-state index contributed by atoms with van der Waals surface area (Å²) >= 11 is 1.36. The van der Waals surface area contributed by atoms with Crippen LogP contribution < -0.4 is 5.32 Å². The second-order valence-electron chi connectivity index (χ2n) is 5.12. The van der Waals surface area contributed by atoms with E-state index in [2.05, 4.69) is 5.32 Å². The molecule has 0 aliphatic heterocycles. The highest BCUT2D eigenvalue weighted by Crippen LogP contribution is 2.22. The SMILES string of the molecule is CC(=O)CSc1ccccc1C(=O)NCCc1ccc(F)cc1. The molecule has 23 heavy (non-hydrogen) atoms. The van der Waals surface area contributed by atoms with Crippen molar-refractivity contribution in [1.29, 1.82) is 0 Å². The van der Waals surface area contributed by atoms with E-state index < -0.39 is 0 Å². The number of hydrogen-bond donors (Lipinski definition) is 1. The van der Waals surface area contributed by atoms with Crippen LogP contribution in [-0.2, 0) is 11.2 Å². The van der Waals surface area contributed by atoms with Crippen molar-refractivity contribution in [3.05, 3.63) is 65.5 Å². The van der Waals surface area contributed by atoms with E-state index in [1.54, 1.807) is 24.3 Å². The molecule has 0 bridgehead atoms. The summed E-state index contributed by atoms with van der Waals surface area (Å²) in [5.41, 5.74) is 1.53. The van der Waals surface area contributed by atoms with Crippen LogP contribution in [-0.4, -0.2) is 24.0 Å². The average Bonchev–Trinajstić information content (AvgIpc) is 2.55. The van der Waals surface area contributed by atoms with E-state index in [1.165, 1.54) is 30.8 Å². The van der Waals surface area contributed by atoms with E-state index in [0.717, 1.165) is 10.5 Å². The van der Waals surface area contributed by atoms with Crippen LogP contribution in [0.3, 0.4) is 0 Å². The number of nitrogens with one attached hydrogen (secondary N) is 1. The Morgan fingerprint density at radius 1 is 1.09 bits per heavy atom. The minimum absolute atomic E-state index is 0.0709. The van der Waals surface area contributed by atoms with Crippen LogP contribution in [0.1, 0.15) is 22.8 Å². The van der Waals surface area contributed by atoms with Crippen LogP contribution in [0.15, 0.2) is 53.4 Å². The first-order chi connectivity index (χ1) is 11.1. The van der Waals surface area contributed by atoms with Gasteiger partial charge in [0.15, 0.2) is 0 Å². The number of benzene rings is 2. The van der Waals surface area contributed by atoms with Crippen LogP contribution in [0.5, 0.6) is 0 Å². The number of hydrogen-bond acceptors (Lipinski definition) is 3. The maximum atomic E-state index is 12.8. The average molecular weight is 331 g/mol. The van der Waals surface area contributed by atoms with Crippen molar-refractivity contribution in [2.24, 2.45) is 0 Å². The number of rotatable bonds is 7. The Hall–Kier alpha value is -2.14. The largest absolute Gasteiger partial charge is 0.352 e. The molecule has 2 aromatic carbocycles. The Morgan fingerprint density at radius 3 is 2.48 bits per heavy atom. The van der Waals surface area contributed by atoms with Crippen LogP contribution in [0, 0.1) is 5.82 Å². The summed E-state index contributed by atoms with van der Waals surface area (Å²) in [4.78, 5) is 24.2. The smallest absolute Gasteiger partial charge is 0.252 e. The zero-order valence-corrected chi connectivity index (χ0v) is 13.7. The van der Waals surface area contributed by atoms with Gasteiger partial charge in [0.2, 0.25) is 0 Å². The highest BCUT2D eigenvalue weighted by molar-refractivity contribution is 8.00. The van der Waals surface area contributed by atoms with Crippen LogP contribution >= 0.6 is 11.8 Å². The van der Waals surface area contributed by atoms with Crippen molar-refractivity contribution >= 4 is 23.5 Å². The normalized spacial score (nSPS) is 10.3. The van der Waals surface area contributed by atoms with Gasteiger partial charge in [-0.25, -0.2) is 4.39 Å². The van der Waals surface area contributed by atoms with Gasteiger partial charge >= 0.3 is 0 Å². The van der Waals surface area contributed by atoms with Gasteiger partial charge in [0.1, 0.15) is 11.6 Å². The van der Waals surface area contributed by atoms with Gasteiger partial charge in [-0.05, 0) is 43.2 Å². The lowest BCUT2D eigenvalue weighted by Crippen LogP contribution is -2.26. The molecule has 0 saturated heterocycles. The lowest BCUT2D eigenvalue weighted by Gasteiger charge is -2.09. The summed E-state index contributed by atoms with van der Waals surface area (Å²) in [5.74, 6) is -0.0191. The minimum atomic E-state index is -0.269. The quantitative estimate of drug-likeness (QED) is 0.790. The maximum Gasteiger partial charge on any atom is 0.252 e. The summed E-state index contributed by atoms with van der Waals surface area (Å²) in [6.45, 7) is 1.99. The van der Waals surface area contributed by atoms with E-state index in [9.17, 15) is 14.0 Å². The summed E-state index contributed by atoms with van der Waals surface area (Å²) in [6.07, 6.45) is 0.634. The Labute approximate surface area is 139 Å². The van der Waals surface area contributed by atoms with Gasteiger partial charge < -0.3 is 5.32 Å². The van der Waals surface area contributed by atoms with Crippen molar-refractivity contribution < 1.29 is 14.0 Å². The monoisotopic (exact) mass is 331 g/mol. The number of carbonyl (C=O) groups is 2. The molecule has 3 nitrogen and oxygen atoms in total. The standard InChI is InChI=1S/C18H18FNO2S/c1-13(21)12-23-17-5-3-2-4-16(17)18(22)20-11-10-14-6-8-15(19)9-7-14/h2-9H,10-12H2,1H3,(H,20,22). The lowest BCUT2D eigenvalue weighted by atomic mass is 10.1. The summed E-state index contributed by atoms with van der Waals surface area (Å²) < 4.78 is 12.8. The first kappa shape index (κ1) is 17.2. The second kappa shape index (κ2) is 8.48. The summed E-state index contributed by atoms with van der Waals surface area (Å²) in [6, 6.07) is 13.5. The maximum absolute atomic E-state index is 12.8. The highest BCUT2D eigenvalue weighted by atomic mass is 32.2. The van der Waals surface area contributed by atoms with E-state index in [0.29, 0.717) is 24.3 Å². The lowest BCUT2D eigenvalue weighted by molar-refractivity contribution is -0.114. The summed E-state index contributed by atoms with van der Waals surface area (Å²) in [5, 5.41) is 2.86. The van der Waals surface area contributed by atoms with Gasteiger partial charge in [0.25, 0.3) is 5.91 Å². The van der Waals surface area contributed by atoms with Crippen molar-refractivity contribution in [3.63, 3.8) is 0 Å². The molecule has 5 heteroatoms. The van der Waals surface area contributed by atoms with Gasteiger partial charge in [-0.15, -0.1) is 11.8 Å². The molecular weight excluding hydrogens is 313 g/mol. The van der Waals surface area contributed by atoms with Gasteiger partial charge in [0, 0.05) is 11.4 Å². The zero-order valence-electron chi connectivity index (χ0n) is 12.8. The molecule has 0 aliphatic rings. The number of carbonyl (C=O) groups excluding carboxylic acids is 2. The van der Waals surface area contributed by atoms with Crippen molar-refractivity contribution in [2.75, 3.05) is 12.3 Å². The molecule has 0 fully saturated rings. The van der Waals surface area contributed by atoms with Crippen LogP contribution in [0.4, 0.5) is 4.39 Å². The molecule has 0 aromatic heterocycles. The van der Waals surface area contributed by atoms with Gasteiger partial charge in [0.05, 0.1) is 11.3 Å². The molecule has 0 heterocycles. The predicted octanol–water partition coefficient (Wildman–Crippen LogP) is 3.48. The topological polar surface area (TPSA) is 46.2 Å². The Bertz CT molecular complexity index is 686. The van der Waals surface area contributed by atoms with E-state index in [-0.39, 0.29) is 17.5 Å². The minimum Gasteiger partial charge on any atom is -0.352 e. The molecule has 120 valence electrons. The first-order valence-electron chi connectivity index (χ1n) is 7.30. The Balaban J connectivity index is 1.92. The first-order valence-corrected chi connectivity index (χ1v) is 8.29. The molecule has 1 N–H and O–H groups in total. The summed E-state index contributed by atoms with van der Waals surface area (Å²) in [7, 11) is 0. The van der Waals surface area contributed by atoms with Crippen LogP contribution in [0.25, 0.3) is 0 Å². The van der Waals surface area contributed by atoms with Crippen molar-refractivity contribution in [1.82, 2.24) is 5.32 Å². The third-order valence-electron chi connectivity index (χ3n) is 3.18. The van der Waals surface area contributed by atoms with Crippen molar-refractivity contribution in [3.8, 4) is 0 Å². The molecule has 1 amide bonds. The fourth-order valence-electron chi connectivity index (χ4n) is 2.03. The second-order valence-corrected chi connectivity index (χ2v) is 6.14. The molecule has 0 atom stereocenters. The van der Waals surface area contributed by atoms with E-state index >= 15 is 0 Å². The molecule has 0 unspecified atom stereocenters. The van der Waals surface area contributed by atoms with Crippen molar-refractivity contribution in [2.45, 2.75) is 18.2 Å². The number of Topliss-reactive ketones (excluding diaryl/α,β-unsaturated/α-hetero) is 1. The number of amides is 1. The molecule has 2 aromatic rings. The van der Waals surface area contributed by atoms with Gasteiger partial charge in [-0.1, -0.05) is 24.3 Å². The van der Waals surface area contributed by atoms with Gasteiger partial charge in [-0.3, -0.25) is 9.59 Å². The fourth-order valence-corrected chi connectivity index (χ4v) is 2.88. The Kier molecular flexibility index (Phi) is 6.35. The molecular formula is C18H18FNO2S. The fraction of sp³-hybridized carbons (Fsp3) is 0.222. The Morgan fingerprint density at radius 2 is 1.78 bits per heavy atom. The molecule has 2 rings (SSSR count). The van der Waals surface area contributed by atoms with E-state index in [1.807, 2.05) is 12.1 Å². The number of halogens is 1. The highest BCUT2D eigenvalue weighted by Gasteiger charge is 2.11. The van der Waals surface area contributed by atoms with Crippen LogP contribution in [0.2, 0.25) is 0 Å². The molecule has 0 radical (unpaired) electrons. The third-order valence-corrected chi connectivity index (χ3v) is 4.39. The van der Waals surface area contributed by atoms with Gasteiger partial charge in [-0.2, -0.15) is 0 Å². The molecule has 0 aliphatic carbocycles. The number of thioether (sulfide) groups is 1. The van der Waals surface area contributed by atoms with E-state index in [4.69, 9.17) is 0 Å². The third kappa shape index (κ3) is 5.53. The molecule has 0 spiro atoms. The number of ketones is 1. The predicted molar refractivity (Wildman–Crippen MR) is 90.3 cm³/mol. The zero-order chi connectivity index (χ0) is 16.7. The molecule has 0 saturated carbocycles.